The summed E-state index contributed by atoms with van der Waals surface area (Å²) >= 11 is 24.4. The van der Waals surface area contributed by atoms with Crippen molar-refractivity contribution in [1.29, 1.82) is 0 Å². The van der Waals surface area contributed by atoms with Gasteiger partial charge in [0.05, 0.1) is 15.1 Å². The molecule has 1 aliphatic heterocycles. The van der Waals surface area contributed by atoms with Crippen LogP contribution in [0.2, 0.25) is 20.1 Å². The van der Waals surface area contributed by atoms with Gasteiger partial charge >= 0.3 is 6.18 Å². The molecule has 164 valence electrons. The van der Waals surface area contributed by atoms with Gasteiger partial charge in [-0.05, 0) is 54.8 Å². The fraction of sp³-hybridized carbons (Fsp3) is 0.429. The van der Waals surface area contributed by atoms with E-state index in [4.69, 9.17) is 46.4 Å². The summed E-state index contributed by atoms with van der Waals surface area (Å²) in [4.78, 5) is 1.69. The zero-order chi connectivity index (χ0) is 22.1. The van der Waals surface area contributed by atoms with Crippen molar-refractivity contribution in [2.45, 2.75) is 37.9 Å². The van der Waals surface area contributed by atoms with Crippen molar-refractivity contribution in [2.75, 3.05) is 24.5 Å². The van der Waals surface area contributed by atoms with Crippen molar-refractivity contribution in [3.05, 3.63) is 61.5 Å². The lowest BCUT2D eigenvalue weighted by molar-refractivity contribution is -0.184. The van der Waals surface area contributed by atoms with Crippen molar-refractivity contribution >= 4 is 52.1 Å². The second kappa shape index (κ2) is 9.33. The molecule has 3 rings (SSSR count). The molecule has 1 atom stereocenters. The van der Waals surface area contributed by atoms with Gasteiger partial charge in [-0.2, -0.15) is 13.2 Å². The molecule has 1 fully saturated rings. The summed E-state index contributed by atoms with van der Waals surface area (Å²) in [5.74, 6) is 0. The molecule has 0 bridgehead atoms. The van der Waals surface area contributed by atoms with E-state index in [-0.39, 0.29) is 40.1 Å². The molecule has 1 unspecified atom stereocenters. The Balaban J connectivity index is 1.90. The quantitative estimate of drug-likeness (QED) is 0.326. The third-order valence-electron chi connectivity index (χ3n) is 5.49. The van der Waals surface area contributed by atoms with E-state index in [2.05, 4.69) is 12.2 Å². The minimum atomic E-state index is -4.49. The predicted molar refractivity (Wildman–Crippen MR) is 119 cm³/mol. The summed E-state index contributed by atoms with van der Waals surface area (Å²) in [6, 6.07) is 7.91. The summed E-state index contributed by atoms with van der Waals surface area (Å²) < 4.78 is 42.9. The fourth-order valence-corrected chi connectivity index (χ4v) is 4.61. The fourth-order valence-electron chi connectivity index (χ4n) is 3.77. The molecule has 0 amide bonds. The molecule has 1 heterocycles. The largest absolute Gasteiger partial charge is 0.400 e. The van der Waals surface area contributed by atoms with Crippen molar-refractivity contribution in [3.8, 4) is 0 Å². The number of halogens is 7. The molecule has 0 spiro atoms. The van der Waals surface area contributed by atoms with Gasteiger partial charge in [-0.15, -0.1) is 0 Å². The van der Waals surface area contributed by atoms with Crippen molar-refractivity contribution in [3.63, 3.8) is 0 Å². The Hall–Kier alpha value is -0.850. The third-order valence-corrected chi connectivity index (χ3v) is 7.04. The molecule has 0 aliphatic carbocycles. The lowest BCUT2D eigenvalue weighted by Gasteiger charge is -2.33. The molecule has 0 saturated carbocycles. The second-order valence-corrected chi connectivity index (χ2v) is 9.06. The van der Waals surface area contributed by atoms with Gasteiger partial charge in [0.2, 0.25) is 0 Å². The van der Waals surface area contributed by atoms with Crippen molar-refractivity contribution in [2.24, 2.45) is 0 Å². The van der Waals surface area contributed by atoms with Crippen LogP contribution in [-0.4, -0.2) is 25.8 Å². The van der Waals surface area contributed by atoms with E-state index in [1.165, 1.54) is 12.1 Å². The summed E-state index contributed by atoms with van der Waals surface area (Å²) in [5.41, 5.74) is -0.523. The van der Waals surface area contributed by atoms with Crippen LogP contribution in [0.15, 0.2) is 30.3 Å². The molecule has 0 aromatic heterocycles. The SMILES string of the molecule is CCCNCc1ccc(N2CCC(c3cc(Cl)c(Cl)c(Cl)c3)(C(F)(F)F)C2)cc1Cl. The van der Waals surface area contributed by atoms with Gasteiger partial charge < -0.3 is 10.2 Å². The minimum Gasteiger partial charge on any atom is -0.370 e. The van der Waals surface area contributed by atoms with Crippen LogP contribution in [0.1, 0.15) is 30.9 Å². The van der Waals surface area contributed by atoms with Crippen LogP contribution in [0.25, 0.3) is 0 Å². The third kappa shape index (κ3) is 4.66. The number of hydrogen-bond acceptors (Lipinski definition) is 2. The Morgan fingerprint density at radius 2 is 1.70 bits per heavy atom. The maximum Gasteiger partial charge on any atom is 0.400 e. The van der Waals surface area contributed by atoms with E-state index in [0.29, 0.717) is 17.3 Å². The van der Waals surface area contributed by atoms with Gasteiger partial charge in [-0.25, -0.2) is 0 Å². The molecule has 1 N–H and O–H groups in total. The summed E-state index contributed by atoms with van der Waals surface area (Å²) in [6.07, 6.45) is -3.61. The van der Waals surface area contributed by atoms with E-state index in [0.717, 1.165) is 18.5 Å². The molecule has 2 aromatic rings. The molecule has 30 heavy (non-hydrogen) atoms. The molecule has 1 aliphatic rings. The Labute approximate surface area is 194 Å². The van der Waals surface area contributed by atoms with Gasteiger partial charge in [0.1, 0.15) is 5.41 Å². The first-order chi connectivity index (χ1) is 14.1. The number of alkyl halides is 3. The molecule has 1 saturated heterocycles. The maximum absolute atomic E-state index is 14.3. The van der Waals surface area contributed by atoms with Crippen LogP contribution < -0.4 is 10.2 Å². The second-order valence-electron chi connectivity index (χ2n) is 7.46. The highest BCUT2D eigenvalue weighted by atomic mass is 35.5. The standard InChI is InChI=1S/C21H21Cl4F3N2/c1-2-6-29-11-13-3-4-15(10-16(13)22)30-7-5-20(12-30,21(26,27)28)14-8-17(23)19(25)18(24)9-14/h3-4,8-10,29H,2,5-7,11-12H2,1H3. The van der Waals surface area contributed by atoms with Gasteiger partial charge in [0, 0.05) is 30.3 Å². The number of hydrogen-bond donors (Lipinski definition) is 1. The average Bonchev–Trinajstić information content (AvgIpc) is 3.14. The first kappa shape index (κ1) is 23.8. The smallest absolute Gasteiger partial charge is 0.370 e. The van der Waals surface area contributed by atoms with Crippen LogP contribution in [0.4, 0.5) is 18.9 Å². The number of nitrogens with one attached hydrogen (secondary N) is 1. The summed E-state index contributed by atoms with van der Waals surface area (Å²) in [5, 5.41) is 3.86. The molecular formula is C21H21Cl4F3N2. The summed E-state index contributed by atoms with van der Waals surface area (Å²) in [6.45, 7) is 3.51. The monoisotopic (exact) mass is 498 g/mol. The Kier molecular flexibility index (Phi) is 7.41. The average molecular weight is 500 g/mol. The van der Waals surface area contributed by atoms with Crippen LogP contribution in [0, 0.1) is 0 Å². The zero-order valence-corrected chi connectivity index (χ0v) is 19.2. The molecule has 9 heteroatoms. The summed E-state index contributed by atoms with van der Waals surface area (Å²) in [7, 11) is 0. The first-order valence-corrected chi connectivity index (χ1v) is 11.1. The van der Waals surface area contributed by atoms with Crippen LogP contribution in [-0.2, 0) is 12.0 Å². The van der Waals surface area contributed by atoms with E-state index in [1.807, 2.05) is 12.1 Å². The first-order valence-electron chi connectivity index (χ1n) is 9.55. The maximum atomic E-state index is 14.3. The van der Waals surface area contributed by atoms with Crippen LogP contribution in [0.5, 0.6) is 0 Å². The lowest BCUT2D eigenvalue weighted by Crippen LogP contribution is -2.44. The van der Waals surface area contributed by atoms with Gasteiger partial charge in [0.25, 0.3) is 0 Å². The van der Waals surface area contributed by atoms with Gasteiger partial charge in [-0.1, -0.05) is 59.4 Å². The zero-order valence-electron chi connectivity index (χ0n) is 16.2. The van der Waals surface area contributed by atoms with Crippen molar-refractivity contribution < 1.29 is 13.2 Å². The highest BCUT2D eigenvalue weighted by molar-refractivity contribution is 6.48. The van der Waals surface area contributed by atoms with E-state index < -0.39 is 11.6 Å². The Morgan fingerprint density at radius 1 is 1.03 bits per heavy atom. The highest BCUT2D eigenvalue weighted by Gasteiger charge is 2.59. The highest BCUT2D eigenvalue weighted by Crippen LogP contribution is 2.50. The minimum absolute atomic E-state index is 0.00761. The number of benzene rings is 2. The number of nitrogens with zero attached hydrogens (tertiary/aromatic N) is 1. The topological polar surface area (TPSA) is 15.3 Å². The Bertz CT molecular complexity index is 897. The molecule has 0 radical (unpaired) electrons. The normalized spacial score (nSPS) is 19.5. The van der Waals surface area contributed by atoms with E-state index >= 15 is 0 Å². The molecule has 2 nitrogen and oxygen atoms in total. The lowest BCUT2D eigenvalue weighted by atomic mass is 9.79. The van der Waals surface area contributed by atoms with Crippen LogP contribution in [0.3, 0.4) is 0 Å². The predicted octanol–water partition coefficient (Wildman–Crippen LogP) is 7.51. The number of rotatable bonds is 6. The Morgan fingerprint density at radius 3 is 2.27 bits per heavy atom. The van der Waals surface area contributed by atoms with Crippen molar-refractivity contribution in [1.82, 2.24) is 5.32 Å². The van der Waals surface area contributed by atoms with Gasteiger partial charge in [-0.3, -0.25) is 0 Å². The molecular weight excluding hydrogens is 479 g/mol. The van der Waals surface area contributed by atoms with Gasteiger partial charge in [0.15, 0.2) is 0 Å². The number of anilines is 1. The van der Waals surface area contributed by atoms with E-state index in [9.17, 15) is 13.2 Å². The van der Waals surface area contributed by atoms with E-state index in [1.54, 1.807) is 11.0 Å². The van der Waals surface area contributed by atoms with Crippen LogP contribution >= 0.6 is 46.4 Å². The molecule has 2 aromatic carbocycles.